The van der Waals surface area contributed by atoms with E-state index < -0.39 is 11.9 Å². The van der Waals surface area contributed by atoms with Gasteiger partial charge < -0.3 is 16.5 Å². The molecule has 0 heterocycles. The molecule has 0 spiro atoms. The fourth-order valence-electron chi connectivity index (χ4n) is 3.82. The number of benzene rings is 3. The van der Waals surface area contributed by atoms with Crippen molar-refractivity contribution >= 4 is 35.2 Å². The maximum Gasteiger partial charge on any atom is 0.326 e. The summed E-state index contributed by atoms with van der Waals surface area (Å²) in [5, 5.41) is 21.6. The summed E-state index contributed by atoms with van der Waals surface area (Å²) in [4.78, 5) is 39.7. The van der Waals surface area contributed by atoms with E-state index in [1.165, 1.54) is 0 Å². The Bertz CT molecular complexity index is 1390. The summed E-state index contributed by atoms with van der Waals surface area (Å²) >= 11 is 0. The van der Waals surface area contributed by atoms with E-state index in [1.807, 2.05) is 31.2 Å². The molecule has 11 nitrogen and oxygen atoms in total. The van der Waals surface area contributed by atoms with E-state index in [0.29, 0.717) is 29.0 Å². The Morgan fingerprint density at radius 3 is 2.20 bits per heavy atom. The molecule has 3 aromatic rings. The first-order chi connectivity index (χ1) is 19.0. The predicted octanol–water partition coefficient (Wildman–Crippen LogP) is 4.96. The van der Waals surface area contributed by atoms with Gasteiger partial charge in [-0.1, -0.05) is 61.4 Å². The molecule has 0 aliphatic heterocycles. The SMILES string of the molecule is CCNC(=O)c1cccc(NC(=O)N(Cc2ccc(C(=O)NC(=N)N=NN)cc2)c2ccc(C(C)(C)C)cc2)c1. The molecular formula is C29H34N8O3. The normalized spacial score (nSPS) is 11.1. The van der Waals surface area contributed by atoms with Crippen LogP contribution in [0, 0.1) is 5.41 Å². The summed E-state index contributed by atoms with van der Waals surface area (Å²) < 4.78 is 0. The number of nitrogens with zero attached hydrogens (tertiary/aromatic N) is 3. The zero-order valence-corrected chi connectivity index (χ0v) is 23.0. The fraction of sp³-hybridized carbons (Fsp3) is 0.241. The van der Waals surface area contributed by atoms with E-state index in [2.05, 4.69) is 47.1 Å². The third-order valence-electron chi connectivity index (χ3n) is 5.95. The van der Waals surface area contributed by atoms with Crippen molar-refractivity contribution in [3.8, 4) is 0 Å². The molecule has 40 heavy (non-hydrogen) atoms. The van der Waals surface area contributed by atoms with Gasteiger partial charge in [0, 0.05) is 29.0 Å². The Morgan fingerprint density at radius 1 is 0.925 bits per heavy atom. The first-order valence-electron chi connectivity index (χ1n) is 12.7. The zero-order valence-electron chi connectivity index (χ0n) is 23.0. The maximum absolute atomic E-state index is 13.6. The van der Waals surface area contributed by atoms with Crippen LogP contribution in [0.1, 0.15) is 59.5 Å². The minimum Gasteiger partial charge on any atom is -0.352 e. The van der Waals surface area contributed by atoms with E-state index in [0.717, 1.165) is 11.1 Å². The highest BCUT2D eigenvalue weighted by atomic mass is 16.2. The van der Waals surface area contributed by atoms with Crippen LogP contribution in [0.3, 0.4) is 0 Å². The van der Waals surface area contributed by atoms with Gasteiger partial charge in [0.2, 0.25) is 5.96 Å². The van der Waals surface area contributed by atoms with Crippen molar-refractivity contribution in [2.75, 3.05) is 16.8 Å². The number of amides is 4. The lowest BCUT2D eigenvalue weighted by Crippen LogP contribution is -2.34. The lowest BCUT2D eigenvalue weighted by molar-refractivity contribution is 0.0953. The van der Waals surface area contributed by atoms with Gasteiger partial charge in [0.15, 0.2) is 0 Å². The molecule has 0 saturated carbocycles. The smallest absolute Gasteiger partial charge is 0.326 e. The van der Waals surface area contributed by atoms with Gasteiger partial charge in [-0.3, -0.25) is 25.2 Å². The topological polar surface area (TPSA) is 165 Å². The van der Waals surface area contributed by atoms with Gasteiger partial charge in [0.25, 0.3) is 11.8 Å². The molecule has 0 saturated heterocycles. The van der Waals surface area contributed by atoms with Crippen LogP contribution in [0.4, 0.5) is 16.2 Å². The average Bonchev–Trinajstić information content (AvgIpc) is 2.92. The first-order valence-corrected chi connectivity index (χ1v) is 12.7. The molecule has 4 amide bonds. The molecule has 0 radical (unpaired) electrons. The molecule has 0 atom stereocenters. The standard InChI is InChI=1S/C29H34N8O3/c1-5-32-25(38)21-7-6-8-23(17-21)33-28(40)37(24-15-13-22(14-16-24)29(2,3)4)18-19-9-11-20(12-10-19)26(39)34-27(30)35-36-31/h6-17H,5,18H2,1-4H3,(H,32,38)(H,33,40)(H4,30,31,34,35,39). The quantitative estimate of drug-likeness (QED) is 0.0936. The molecule has 0 unspecified atom stereocenters. The number of anilines is 2. The van der Waals surface area contributed by atoms with Crippen LogP contribution in [-0.2, 0) is 12.0 Å². The number of hydrogen-bond acceptors (Lipinski definition) is 5. The van der Waals surface area contributed by atoms with Crippen LogP contribution in [0.25, 0.3) is 0 Å². The highest BCUT2D eigenvalue weighted by Crippen LogP contribution is 2.26. The Hall–Kier alpha value is -5.06. The zero-order chi connectivity index (χ0) is 29.3. The van der Waals surface area contributed by atoms with Crippen LogP contribution in [0.15, 0.2) is 83.1 Å². The van der Waals surface area contributed by atoms with Crippen molar-refractivity contribution in [3.63, 3.8) is 0 Å². The van der Waals surface area contributed by atoms with Crippen molar-refractivity contribution in [3.05, 3.63) is 95.1 Å². The average molecular weight is 543 g/mol. The number of carbonyl (C=O) groups excluding carboxylic acids is 3. The number of guanidine groups is 1. The summed E-state index contributed by atoms with van der Waals surface area (Å²) in [7, 11) is 0. The molecule has 0 fully saturated rings. The molecular weight excluding hydrogens is 508 g/mol. The van der Waals surface area contributed by atoms with Crippen molar-refractivity contribution < 1.29 is 14.4 Å². The van der Waals surface area contributed by atoms with Gasteiger partial charge >= 0.3 is 6.03 Å². The lowest BCUT2D eigenvalue weighted by atomic mass is 9.87. The van der Waals surface area contributed by atoms with Gasteiger partial charge in [-0.25, -0.2) is 4.79 Å². The number of urea groups is 1. The first kappa shape index (κ1) is 29.5. The molecule has 3 aromatic carbocycles. The predicted molar refractivity (Wildman–Crippen MR) is 155 cm³/mol. The molecule has 0 aromatic heterocycles. The highest BCUT2D eigenvalue weighted by molar-refractivity contribution is 6.05. The molecule has 6 N–H and O–H groups in total. The van der Waals surface area contributed by atoms with E-state index in [4.69, 9.17) is 11.3 Å². The minimum absolute atomic E-state index is 0.0522. The summed E-state index contributed by atoms with van der Waals surface area (Å²) in [6, 6.07) is 20.7. The number of carbonyl (C=O) groups is 3. The van der Waals surface area contributed by atoms with Gasteiger partial charge in [-0.15, -0.1) is 0 Å². The van der Waals surface area contributed by atoms with Crippen LogP contribution in [0.5, 0.6) is 0 Å². The Balaban J connectivity index is 1.86. The van der Waals surface area contributed by atoms with Crippen molar-refractivity contribution in [2.24, 2.45) is 16.2 Å². The van der Waals surface area contributed by atoms with E-state index in [1.54, 1.807) is 53.4 Å². The van der Waals surface area contributed by atoms with Crippen molar-refractivity contribution in [2.45, 2.75) is 39.7 Å². The second-order valence-corrected chi connectivity index (χ2v) is 9.97. The van der Waals surface area contributed by atoms with Crippen LogP contribution >= 0.6 is 0 Å². The highest BCUT2D eigenvalue weighted by Gasteiger charge is 2.20. The molecule has 3 rings (SSSR count). The number of nitrogens with one attached hydrogen (secondary N) is 4. The van der Waals surface area contributed by atoms with Gasteiger partial charge in [0.1, 0.15) is 0 Å². The summed E-state index contributed by atoms with van der Waals surface area (Å²) in [5.41, 5.74) is 3.73. The third-order valence-corrected chi connectivity index (χ3v) is 5.95. The second-order valence-electron chi connectivity index (χ2n) is 9.97. The maximum atomic E-state index is 13.6. The molecule has 11 heteroatoms. The second kappa shape index (κ2) is 13.1. The minimum atomic E-state index is -0.539. The largest absolute Gasteiger partial charge is 0.352 e. The number of rotatable bonds is 7. The summed E-state index contributed by atoms with van der Waals surface area (Å²) in [6.07, 6.45) is 0. The van der Waals surface area contributed by atoms with Crippen LogP contribution in [0.2, 0.25) is 0 Å². The van der Waals surface area contributed by atoms with Crippen molar-refractivity contribution in [1.29, 1.82) is 5.41 Å². The lowest BCUT2D eigenvalue weighted by Gasteiger charge is -2.25. The molecule has 208 valence electrons. The summed E-state index contributed by atoms with van der Waals surface area (Å²) in [6.45, 7) is 8.89. The Kier molecular flexibility index (Phi) is 9.69. The van der Waals surface area contributed by atoms with Crippen LogP contribution < -0.4 is 26.7 Å². The summed E-state index contributed by atoms with van der Waals surface area (Å²) in [5.74, 6) is 3.66. The fourth-order valence-corrected chi connectivity index (χ4v) is 3.82. The number of hydrogen-bond donors (Lipinski definition) is 5. The van der Waals surface area contributed by atoms with E-state index >= 15 is 0 Å². The van der Waals surface area contributed by atoms with Gasteiger partial charge in [-0.05, 0) is 65.9 Å². The Morgan fingerprint density at radius 2 is 1.60 bits per heavy atom. The number of nitrogens with two attached hydrogens (primary N) is 1. The molecule has 0 bridgehead atoms. The molecule has 0 aliphatic carbocycles. The van der Waals surface area contributed by atoms with Crippen molar-refractivity contribution in [1.82, 2.24) is 10.6 Å². The van der Waals surface area contributed by atoms with Gasteiger partial charge in [-0.2, -0.15) is 0 Å². The Labute approximate surface area is 233 Å². The molecule has 0 aliphatic rings. The van der Waals surface area contributed by atoms with Gasteiger partial charge in [0.05, 0.1) is 6.54 Å². The van der Waals surface area contributed by atoms with Crippen LogP contribution in [-0.4, -0.2) is 30.3 Å². The third kappa shape index (κ3) is 7.97. The van der Waals surface area contributed by atoms with E-state index in [-0.39, 0.29) is 23.9 Å². The van der Waals surface area contributed by atoms with E-state index in [9.17, 15) is 14.4 Å². The monoisotopic (exact) mass is 542 g/mol.